The summed E-state index contributed by atoms with van der Waals surface area (Å²) in [6, 6.07) is 15.6. The minimum absolute atomic E-state index is 0.00571. The SMILES string of the molecule is CCOc1ccccc1-c1cc(C#N)c(N2CCN(C(=O)c3ccco3)CC2C)nc1C(C)C. The highest BCUT2D eigenvalue weighted by Crippen LogP contribution is 2.38. The summed E-state index contributed by atoms with van der Waals surface area (Å²) in [7, 11) is 0. The van der Waals surface area contributed by atoms with E-state index in [0.717, 1.165) is 22.6 Å². The van der Waals surface area contributed by atoms with E-state index >= 15 is 0 Å². The molecule has 0 aliphatic carbocycles. The van der Waals surface area contributed by atoms with Crippen LogP contribution in [0.2, 0.25) is 0 Å². The van der Waals surface area contributed by atoms with Crippen LogP contribution in [-0.2, 0) is 0 Å². The van der Waals surface area contributed by atoms with Gasteiger partial charge in [-0.15, -0.1) is 0 Å². The molecule has 4 rings (SSSR count). The first-order chi connectivity index (χ1) is 16.4. The maximum Gasteiger partial charge on any atom is 0.289 e. The predicted molar refractivity (Wildman–Crippen MR) is 131 cm³/mol. The van der Waals surface area contributed by atoms with Gasteiger partial charge >= 0.3 is 0 Å². The number of para-hydroxylation sites is 1. The fourth-order valence-corrected chi connectivity index (χ4v) is 4.46. The molecule has 1 aliphatic heterocycles. The molecule has 7 nitrogen and oxygen atoms in total. The van der Waals surface area contributed by atoms with Crippen molar-refractivity contribution in [2.45, 2.75) is 39.7 Å². The van der Waals surface area contributed by atoms with Crippen LogP contribution in [-0.4, -0.2) is 48.1 Å². The number of nitriles is 1. The van der Waals surface area contributed by atoms with Crippen molar-refractivity contribution in [3.63, 3.8) is 0 Å². The van der Waals surface area contributed by atoms with E-state index in [-0.39, 0.29) is 17.9 Å². The molecule has 1 atom stereocenters. The summed E-state index contributed by atoms with van der Waals surface area (Å²) in [5.41, 5.74) is 3.29. The summed E-state index contributed by atoms with van der Waals surface area (Å²) >= 11 is 0. The highest BCUT2D eigenvalue weighted by Gasteiger charge is 2.31. The fraction of sp³-hybridized carbons (Fsp3) is 0.370. The van der Waals surface area contributed by atoms with Gasteiger partial charge in [0.1, 0.15) is 17.6 Å². The topological polar surface area (TPSA) is 82.6 Å². The van der Waals surface area contributed by atoms with Gasteiger partial charge in [-0.3, -0.25) is 4.79 Å². The van der Waals surface area contributed by atoms with Crippen molar-refractivity contribution in [2.75, 3.05) is 31.1 Å². The Morgan fingerprint density at radius 3 is 2.68 bits per heavy atom. The van der Waals surface area contributed by atoms with Crippen LogP contribution in [0.4, 0.5) is 5.82 Å². The average Bonchev–Trinajstić information content (AvgIpc) is 3.38. The summed E-state index contributed by atoms with van der Waals surface area (Å²) in [6.45, 7) is 10.4. The van der Waals surface area contributed by atoms with E-state index in [0.29, 0.717) is 43.4 Å². The van der Waals surface area contributed by atoms with Gasteiger partial charge in [-0.2, -0.15) is 5.26 Å². The number of ether oxygens (including phenoxy) is 1. The number of aromatic nitrogens is 1. The Balaban J connectivity index is 1.69. The molecule has 0 spiro atoms. The van der Waals surface area contributed by atoms with Gasteiger partial charge in [0, 0.05) is 36.8 Å². The summed E-state index contributed by atoms with van der Waals surface area (Å²) in [5.74, 6) is 1.82. The van der Waals surface area contributed by atoms with Crippen LogP contribution in [0.1, 0.15) is 55.4 Å². The molecule has 0 saturated carbocycles. The van der Waals surface area contributed by atoms with E-state index in [2.05, 4.69) is 31.7 Å². The van der Waals surface area contributed by atoms with E-state index in [1.54, 1.807) is 17.0 Å². The lowest BCUT2D eigenvalue weighted by Crippen LogP contribution is -2.54. The largest absolute Gasteiger partial charge is 0.493 e. The van der Waals surface area contributed by atoms with Gasteiger partial charge in [0.2, 0.25) is 0 Å². The second kappa shape index (κ2) is 10.0. The number of amides is 1. The zero-order valence-electron chi connectivity index (χ0n) is 20.1. The van der Waals surface area contributed by atoms with E-state index in [4.69, 9.17) is 14.1 Å². The molecule has 1 saturated heterocycles. The van der Waals surface area contributed by atoms with Gasteiger partial charge in [0.25, 0.3) is 5.91 Å². The van der Waals surface area contributed by atoms with Gasteiger partial charge in [-0.05, 0) is 44.0 Å². The fourth-order valence-electron chi connectivity index (χ4n) is 4.46. The molecule has 0 bridgehead atoms. The normalized spacial score (nSPS) is 15.9. The lowest BCUT2D eigenvalue weighted by molar-refractivity contribution is 0.0694. The number of hydrogen-bond donors (Lipinski definition) is 0. The molecule has 3 aromatic rings. The Hall–Kier alpha value is -3.79. The molecule has 1 unspecified atom stereocenters. The highest BCUT2D eigenvalue weighted by molar-refractivity contribution is 5.91. The molecule has 1 aliphatic rings. The average molecular weight is 459 g/mol. The number of anilines is 1. The molecule has 1 fully saturated rings. The maximum absolute atomic E-state index is 12.7. The number of benzene rings is 1. The molecule has 3 heterocycles. The van der Waals surface area contributed by atoms with E-state index in [1.165, 1.54) is 6.26 Å². The predicted octanol–water partition coefficient (Wildman–Crippen LogP) is 5.09. The number of hydrogen-bond acceptors (Lipinski definition) is 6. The molecule has 0 radical (unpaired) electrons. The van der Waals surface area contributed by atoms with Gasteiger partial charge in [0.15, 0.2) is 5.76 Å². The maximum atomic E-state index is 12.7. The van der Waals surface area contributed by atoms with Crippen LogP contribution < -0.4 is 9.64 Å². The quantitative estimate of drug-likeness (QED) is 0.512. The summed E-state index contributed by atoms with van der Waals surface area (Å²) in [4.78, 5) is 21.7. The Labute approximate surface area is 200 Å². The smallest absolute Gasteiger partial charge is 0.289 e. The Bertz CT molecular complexity index is 1200. The third-order valence-electron chi connectivity index (χ3n) is 6.09. The summed E-state index contributed by atoms with van der Waals surface area (Å²) < 4.78 is 11.1. The Morgan fingerprint density at radius 1 is 1.24 bits per heavy atom. The van der Waals surface area contributed by atoms with Gasteiger partial charge in [-0.25, -0.2) is 4.98 Å². The van der Waals surface area contributed by atoms with Gasteiger partial charge in [0.05, 0.1) is 24.1 Å². The molecule has 0 N–H and O–H groups in total. The first-order valence-electron chi connectivity index (χ1n) is 11.7. The number of rotatable bonds is 6. The zero-order chi connectivity index (χ0) is 24.2. The highest BCUT2D eigenvalue weighted by atomic mass is 16.5. The van der Waals surface area contributed by atoms with Crippen molar-refractivity contribution in [3.8, 4) is 22.9 Å². The van der Waals surface area contributed by atoms with Crippen molar-refractivity contribution in [1.82, 2.24) is 9.88 Å². The molecule has 7 heteroatoms. The third kappa shape index (κ3) is 4.49. The lowest BCUT2D eigenvalue weighted by Gasteiger charge is -2.40. The third-order valence-corrected chi connectivity index (χ3v) is 6.09. The van der Waals surface area contributed by atoms with Crippen LogP contribution in [0.15, 0.2) is 53.1 Å². The Kier molecular flexibility index (Phi) is 6.87. The number of carbonyl (C=O) groups is 1. The molecule has 34 heavy (non-hydrogen) atoms. The lowest BCUT2D eigenvalue weighted by atomic mass is 9.95. The second-order valence-corrected chi connectivity index (χ2v) is 8.76. The van der Waals surface area contributed by atoms with Crippen LogP contribution in [0.25, 0.3) is 11.1 Å². The van der Waals surface area contributed by atoms with Crippen LogP contribution in [0.5, 0.6) is 5.75 Å². The molecular weight excluding hydrogens is 428 g/mol. The van der Waals surface area contributed by atoms with Crippen LogP contribution in [0, 0.1) is 11.3 Å². The van der Waals surface area contributed by atoms with Crippen LogP contribution in [0.3, 0.4) is 0 Å². The van der Waals surface area contributed by atoms with E-state index in [1.807, 2.05) is 37.3 Å². The van der Waals surface area contributed by atoms with E-state index in [9.17, 15) is 10.1 Å². The number of nitrogens with zero attached hydrogens (tertiary/aromatic N) is 4. The molecule has 176 valence electrons. The molecule has 1 amide bonds. The number of carbonyl (C=O) groups excluding carboxylic acids is 1. The molecular formula is C27H30N4O3. The first kappa shape index (κ1) is 23.4. The Morgan fingerprint density at radius 2 is 2.03 bits per heavy atom. The molecule has 2 aromatic heterocycles. The zero-order valence-corrected chi connectivity index (χ0v) is 20.1. The minimum Gasteiger partial charge on any atom is -0.493 e. The van der Waals surface area contributed by atoms with Crippen molar-refractivity contribution >= 4 is 11.7 Å². The minimum atomic E-state index is -0.115. The molecule has 1 aromatic carbocycles. The van der Waals surface area contributed by atoms with Crippen molar-refractivity contribution in [1.29, 1.82) is 5.26 Å². The van der Waals surface area contributed by atoms with Crippen LogP contribution >= 0.6 is 0 Å². The summed E-state index contributed by atoms with van der Waals surface area (Å²) in [5, 5.41) is 10.0. The second-order valence-electron chi connectivity index (χ2n) is 8.76. The monoisotopic (exact) mass is 458 g/mol. The van der Waals surface area contributed by atoms with Gasteiger partial charge in [-0.1, -0.05) is 32.0 Å². The first-order valence-corrected chi connectivity index (χ1v) is 11.7. The number of pyridine rings is 1. The standard InChI is InChI=1S/C27H30N4O3/c1-5-33-23-10-7-6-9-21(23)22-15-20(16-28)26(29-25(22)18(2)3)31-13-12-30(17-19(31)4)27(32)24-11-8-14-34-24/h6-11,14-15,18-19H,5,12-13,17H2,1-4H3. The van der Waals surface area contributed by atoms with E-state index < -0.39 is 0 Å². The van der Waals surface area contributed by atoms with Crippen molar-refractivity contribution < 1.29 is 13.9 Å². The number of piperazine rings is 1. The summed E-state index contributed by atoms with van der Waals surface area (Å²) in [6.07, 6.45) is 1.51. The number of furan rings is 1. The van der Waals surface area contributed by atoms with Gasteiger partial charge < -0.3 is 19.0 Å². The van der Waals surface area contributed by atoms with Crippen molar-refractivity contribution in [3.05, 3.63) is 65.7 Å². The van der Waals surface area contributed by atoms with Crippen molar-refractivity contribution in [2.24, 2.45) is 0 Å².